The topological polar surface area (TPSA) is 26.0 Å². The van der Waals surface area contributed by atoms with Crippen LogP contribution in [0.4, 0.5) is 0 Å². The summed E-state index contributed by atoms with van der Waals surface area (Å²) in [7, 11) is 0. The molecule has 0 aromatic carbocycles. The van der Waals surface area contributed by atoms with Crippen molar-refractivity contribution in [3.05, 3.63) is 0 Å². The van der Waals surface area contributed by atoms with E-state index in [-0.39, 0.29) is 0 Å². The van der Waals surface area contributed by atoms with E-state index in [2.05, 4.69) is 13.8 Å². The first kappa shape index (κ1) is 13.4. The SMILES string of the molecule is CC1(C)CC(C2CCCCCCCC2CN)C1. The van der Waals surface area contributed by atoms with Crippen molar-refractivity contribution >= 4 is 0 Å². The van der Waals surface area contributed by atoms with Crippen molar-refractivity contribution in [3.8, 4) is 0 Å². The predicted molar refractivity (Wildman–Crippen MR) is 74.9 cm³/mol. The number of rotatable bonds is 2. The molecule has 2 fully saturated rings. The maximum absolute atomic E-state index is 6.05. The Morgan fingerprint density at radius 1 is 0.941 bits per heavy atom. The van der Waals surface area contributed by atoms with Crippen molar-refractivity contribution in [3.63, 3.8) is 0 Å². The molecule has 100 valence electrons. The second-order valence-electron chi connectivity index (χ2n) is 7.34. The highest BCUT2D eigenvalue weighted by atomic mass is 14.6. The Morgan fingerprint density at radius 2 is 1.53 bits per heavy atom. The molecule has 2 rings (SSSR count). The number of nitrogens with two attached hydrogens (primary N) is 1. The second-order valence-corrected chi connectivity index (χ2v) is 7.34. The summed E-state index contributed by atoms with van der Waals surface area (Å²) in [4.78, 5) is 0. The highest BCUT2D eigenvalue weighted by Gasteiger charge is 2.42. The van der Waals surface area contributed by atoms with Crippen molar-refractivity contribution in [1.82, 2.24) is 0 Å². The Kier molecular flexibility index (Phi) is 4.52. The molecule has 2 unspecified atom stereocenters. The van der Waals surface area contributed by atoms with Gasteiger partial charge in [-0.05, 0) is 55.4 Å². The molecule has 0 spiro atoms. The van der Waals surface area contributed by atoms with Gasteiger partial charge >= 0.3 is 0 Å². The molecule has 2 atom stereocenters. The van der Waals surface area contributed by atoms with Crippen molar-refractivity contribution < 1.29 is 0 Å². The highest BCUT2D eigenvalue weighted by molar-refractivity contribution is 4.92. The fourth-order valence-electron chi connectivity index (χ4n) is 4.34. The van der Waals surface area contributed by atoms with Crippen LogP contribution in [0.25, 0.3) is 0 Å². The van der Waals surface area contributed by atoms with Crippen molar-refractivity contribution in [2.75, 3.05) is 6.54 Å². The number of hydrogen-bond acceptors (Lipinski definition) is 1. The molecule has 2 aliphatic carbocycles. The lowest BCUT2D eigenvalue weighted by Crippen LogP contribution is -2.40. The van der Waals surface area contributed by atoms with Gasteiger partial charge in [-0.2, -0.15) is 0 Å². The zero-order valence-electron chi connectivity index (χ0n) is 11.9. The number of hydrogen-bond donors (Lipinski definition) is 1. The van der Waals surface area contributed by atoms with Gasteiger partial charge in [-0.1, -0.05) is 46.0 Å². The van der Waals surface area contributed by atoms with Crippen LogP contribution in [0.1, 0.15) is 71.6 Å². The van der Waals surface area contributed by atoms with Crippen molar-refractivity contribution in [1.29, 1.82) is 0 Å². The Morgan fingerprint density at radius 3 is 2.12 bits per heavy atom. The molecule has 0 radical (unpaired) electrons. The summed E-state index contributed by atoms with van der Waals surface area (Å²) in [5.41, 5.74) is 6.68. The Hall–Kier alpha value is -0.0400. The average molecular weight is 237 g/mol. The van der Waals surface area contributed by atoms with E-state index in [4.69, 9.17) is 5.73 Å². The summed E-state index contributed by atoms with van der Waals surface area (Å²) in [5.74, 6) is 2.77. The van der Waals surface area contributed by atoms with Crippen molar-refractivity contribution in [2.45, 2.75) is 71.6 Å². The van der Waals surface area contributed by atoms with E-state index in [1.165, 1.54) is 57.8 Å². The standard InChI is InChI=1S/C16H31N/c1-16(2)10-14(11-16)15-9-7-5-3-4-6-8-13(15)12-17/h13-15H,3-12,17H2,1-2H3. The molecule has 0 amide bonds. The second kappa shape index (κ2) is 5.73. The minimum Gasteiger partial charge on any atom is -0.330 e. The highest BCUT2D eigenvalue weighted by Crippen LogP contribution is 2.51. The molecule has 1 heteroatoms. The van der Waals surface area contributed by atoms with E-state index >= 15 is 0 Å². The molecule has 2 aliphatic rings. The smallest absolute Gasteiger partial charge is 0.00461 e. The van der Waals surface area contributed by atoms with E-state index < -0.39 is 0 Å². The van der Waals surface area contributed by atoms with Crippen LogP contribution in [0.3, 0.4) is 0 Å². The molecule has 0 aromatic heterocycles. The normalized spacial score (nSPS) is 35.5. The monoisotopic (exact) mass is 237 g/mol. The lowest BCUT2D eigenvalue weighted by Gasteiger charge is -2.49. The fourth-order valence-corrected chi connectivity index (χ4v) is 4.34. The largest absolute Gasteiger partial charge is 0.330 e. The summed E-state index contributed by atoms with van der Waals surface area (Å²) >= 11 is 0. The van der Waals surface area contributed by atoms with E-state index in [0.717, 1.165) is 24.3 Å². The Balaban J connectivity index is 1.94. The van der Waals surface area contributed by atoms with Gasteiger partial charge in [0.25, 0.3) is 0 Å². The minimum atomic E-state index is 0.627. The summed E-state index contributed by atoms with van der Waals surface area (Å²) in [6.07, 6.45) is 13.0. The Labute approximate surface area is 108 Å². The van der Waals surface area contributed by atoms with Gasteiger partial charge in [-0.15, -0.1) is 0 Å². The maximum atomic E-state index is 6.05. The molecular formula is C16H31N. The van der Waals surface area contributed by atoms with Crippen LogP contribution in [0.15, 0.2) is 0 Å². The molecule has 1 nitrogen and oxygen atoms in total. The van der Waals surface area contributed by atoms with Gasteiger partial charge in [0, 0.05) is 0 Å². The summed E-state index contributed by atoms with van der Waals surface area (Å²) < 4.78 is 0. The van der Waals surface area contributed by atoms with Gasteiger partial charge in [0.15, 0.2) is 0 Å². The first-order chi connectivity index (χ1) is 8.12. The molecule has 2 N–H and O–H groups in total. The van der Waals surface area contributed by atoms with Gasteiger partial charge in [-0.3, -0.25) is 0 Å². The first-order valence-electron chi connectivity index (χ1n) is 7.82. The van der Waals surface area contributed by atoms with Crippen LogP contribution in [-0.2, 0) is 0 Å². The third kappa shape index (κ3) is 3.47. The zero-order chi connectivity index (χ0) is 12.3. The van der Waals surface area contributed by atoms with E-state index in [9.17, 15) is 0 Å². The van der Waals surface area contributed by atoms with Crippen LogP contribution in [0.5, 0.6) is 0 Å². The average Bonchev–Trinajstić information content (AvgIpc) is 2.36. The van der Waals surface area contributed by atoms with Crippen LogP contribution in [0, 0.1) is 23.2 Å². The fraction of sp³-hybridized carbons (Fsp3) is 1.00. The lowest BCUT2D eigenvalue weighted by atomic mass is 9.57. The van der Waals surface area contributed by atoms with Crippen molar-refractivity contribution in [2.24, 2.45) is 28.9 Å². The van der Waals surface area contributed by atoms with Gasteiger partial charge in [-0.25, -0.2) is 0 Å². The summed E-state index contributed by atoms with van der Waals surface area (Å²) in [6, 6.07) is 0. The van der Waals surface area contributed by atoms with E-state index in [1.807, 2.05) is 0 Å². The molecule has 0 aromatic rings. The van der Waals surface area contributed by atoms with Gasteiger partial charge in [0.1, 0.15) is 0 Å². The zero-order valence-corrected chi connectivity index (χ0v) is 11.9. The van der Waals surface area contributed by atoms with Crippen LogP contribution in [-0.4, -0.2) is 6.54 Å². The molecule has 2 saturated carbocycles. The quantitative estimate of drug-likeness (QED) is 0.759. The first-order valence-corrected chi connectivity index (χ1v) is 7.82. The molecule has 17 heavy (non-hydrogen) atoms. The van der Waals surface area contributed by atoms with Crippen LogP contribution < -0.4 is 5.73 Å². The van der Waals surface area contributed by atoms with E-state index in [0.29, 0.717) is 5.41 Å². The maximum Gasteiger partial charge on any atom is -0.00461 e. The third-order valence-electron chi connectivity index (χ3n) is 5.26. The molecule has 0 heterocycles. The third-order valence-corrected chi connectivity index (χ3v) is 5.26. The predicted octanol–water partition coefficient (Wildman–Crippen LogP) is 4.36. The van der Waals surface area contributed by atoms with Gasteiger partial charge < -0.3 is 5.73 Å². The van der Waals surface area contributed by atoms with Crippen LogP contribution in [0.2, 0.25) is 0 Å². The lowest BCUT2D eigenvalue weighted by molar-refractivity contribution is 0.0194. The van der Waals surface area contributed by atoms with Gasteiger partial charge in [0.05, 0.1) is 0 Å². The summed E-state index contributed by atoms with van der Waals surface area (Å²) in [5, 5.41) is 0. The molecule has 0 bridgehead atoms. The van der Waals surface area contributed by atoms with Gasteiger partial charge in [0.2, 0.25) is 0 Å². The molecule has 0 saturated heterocycles. The van der Waals surface area contributed by atoms with Crippen LogP contribution >= 0.6 is 0 Å². The molecular weight excluding hydrogens is 206 g/mol. The Bertz CT molecular complexity index is 226. The minimum absolute atomic E-state index is 0.627. The summed E-state index contributed by atoms with van der Waals surface area (Å²) in [6.45, 7) is 5.79. The molecule has 0 aliphatic heterocycles. The van der Waals surface area contributed by atoms with E-state index in [1.54, 1.807) is 0 Å².